The minimum absolute atomic E-state index is 0.0428. The van der Waals surface area contributed by atoms with Gasteiger partial charge in [0.15, 0.2) is 16.6 Å². The summed E-state index contributed by atoms with van der Waals surface area (Å²) in [5.74, 6) is -0.278. The summed E-state index contributed by atoms with van der Waals surface area (Å²) in [7, 11) is -4.19. The molecule has 0 aliphatic carbocycles. The molecule has 0 amide bonds. The first-order valence-corrected chi connectivity index (χ1v) is 24.8. The van der Waals surface area contributed by atoms with E-state index in [0.717, 1.165) is 71.8 Å². The molecular weight excluding hydrogens is 651 g/mol. The molecule has 9 heteroatoms. The van der Waals surface area contributed by atoms with Crippen molar-refractivity contribution in [3.8, 4) is 0 Å². The molecule has 2 heterocycles. The van der Waals surface area contributed by atoms with E-state index in [4.69, 9.17) is 13.6 Å². The van der Waals surface area contributed by atoms with Crippen molar-refractivity contribution in [1.29, 1.82) is 0 Å². The van der Waals surface area contributed by atoms with Crippen LogP contribution >= 0.6 is 11.3 Å². The molecule has 2 rings (SSSR count). The zero-order chi connectivity index (χ0) is 36.3. The highest BCUT2D eigenvalue weighted by atomic mass is 32.1. The number of cyclic esters (lactones) is 1. The Morgan fingerprint density at radius 1 is 0.979 bits per heavy atom. The van der Waals surface area contributed by atoms with Gasteiger partial charge in [-0.05, 0) is 93.9 Å². The van der Waals surface area contributed by atoms with E-state index in [-0.39, 0.29) is 36.1 Å². The van der Waals surface area contributed by atoms with Gasteiger partial charge in [-0.2, -0.15) is 0 Å². The number of hydrogen-bond donors (Lipinski definition) is 0. The van der Waals surface area contributed by atoms with Gasteiger partial charge in [0.05, 0.1) is 29.3 Å². The number of hydrogen-bond acceptors (Lipinski definition) is 7. The van der Waals surface area contributed by atoms with Crippen molar-refractivity contribution in [1.82, 2.24) is 4.98 Å². The van der Waals surface area contributed by atoms with Crippen LogP contribution in [0.2, 0.25) is 36.3 Å². The lowest BCUT2D eigenvalue weighted by Gasteiger charge is -2.44. The van der Waals surface area contributed by atoms with Crippen LogP contribution in [0.1, 0.15) is 126 Å². The predicted octanol–water partition coefficient (Wildman–Crippen LogP) is 11.3. The lowest BCUT2D eigenvalue weighted by Crippen LogP contribution is -2.53. The highest BCUT2D eigenvalue weighted by Crippen LogP contribution is 2.40. The summed E-state index contributed by atoms with van der Waals surface area (Å²) in [5.41, 5.74) is 2.24. The molecule has 1 aliphatic rings. The molecule has 1 aliphatic heterocycles. The largest absolute Gasteiger partial charge is 0.457 e. The van der Waals surface area contributed by atoms with Gasteiger partial charge in [0.1, 0.15) is 11.9 Å². The van der Waals surface area contributed by atoms with Crippen molar-refractivity contribution in [2.75, 3.05) is 0 Å². The molecule has 0 unspecified atom stereocenters. The smallest absolute Gasteiger partial charge is 0.309 e. The van der Waals surface area contributed by atoms with Crippen molar-refractivity contribution in [3.63, 3.8) is 0 Å². The van der Waals surface area contributed by atoms with Gasteiger partial charge in [-0.1, -0.05) is 80.9 Å². The van der Waals surface area contributed by atoms with Gasteiger partial charge in [0.2, 0.25) is 0 Å². The second-order valence-electron chi connectivity index (χ2n) is 15.1. The standard InChI is InChI=1S/C39H69NO5SSi2/c1-14-47(15-2,16-3)44-35-26-36(41)43-34(30(9)25-33-27-46-32(11)40-33)24-23-28(7)21-20-22-29(8)37(31(10)38(42)39(35,12)13)45-48(17-4,18-5)19-6/h23,25,27,29,31,34-35,37H,14-22,24,26H2,1-13H3/b28-23-,30-25+/t29-,31+,34-,35-,37-/m0/s1. The molecule has 0 bridgehead atoms. The highest BCUT2D eigenvalue weighted by Gasteiger charge is 2.48. The molecule has 0 saturated heterocycles. The summed E-state index contributed by atoms with van der Waals surface area (Å²) in [4.78, 5) is 33.5. The third-order valence-electron chi connectivity index (χ3n) is 11.6. The molecular formula is C39H69NO5SSi2. The lowest BCUT2D eigenvalue weighted by atomic mass is 9.73. The zero-order valence-corrected chi connectivity index (χ0v) is 35.6. The maximum atomic E-state index is 14.9. The lowest BCUT2D eigenvalue weighted by molar-refractivity contribution is -0.153. The zero-order valence-electron chi connectivity index (χ0n) is 32.8. The minimum atomic E-state index is -2.19. The van der Waals surface area contributed by atoms with Crippen LogP contribution in [0.3, 0.4) is 0 Å². The normalized spacial score (nSPS) is 27.0. The molecule has 274 valence electrons. The van der Waals surface area contributed by atoms with Crippen LogP contribution in [0.15, 0.2) is 22.6 Å². The third kappa shape index (κ3) is 11.3. The van der Waals surface area contributed by atoms with Crippen LogP contribution in [0.25, 0.3) is 6.08 Å². The van der Waals surface area contributed by atoms with Crippen LogP contribution < -0.4 is 0 Å². The van der Waals surface area contributed by atoms with Gasteiger partial charge in [-0.3, -0.25) is 9.59 Å². The van der Waals surface area contributed by atoms with Crippen molar-refractivity contribution >= 4 is 45.8 Å². The molecule has 0 radical (unpaired) electrons. The predicted molar refractivity (Wildman–Crippen MR) is 208 cm³/mol. The molecule has 0 N–H and O–H groups in total. The monoisotopic (exact) mass is 719 g/mol. The number of aromatic nitrogens is 1. The van der Waals surface area contributed by atoms with Crippen LogP contribution in [0.4, 0.5) is 0 Å². The van der Waals surface area contributed by atoms with Crippen LogP contribution in [0.5, 0.6) is 0 Å². The number of Topliss-reactive ketones (excluding diaryl/α,β-unsaturated/α-hetero) is 1. The Morgan fingerprint density at radius 3 is 2.06 bits per heavy atom. The van der Waals surface area contributed by atoms with E-state index >= 15 is 0 Å². The van der Waals surface area contributed by atoms with E-state index < -0.39 is 34.3 Å². The van der Waals surface area contributed by atoms with Gasteiger partial charge in [-0.15, -0.1) is 11.3 Å². The van der Waals surface area contributed by atoms with Crippen molar-refractivity contribution in [2.45, 2.75) is 177 Å². The Bertz CT molecular complexity index is 1220. The summed E-state index contributed by atoms with van der Waals surface area (Å²) < 4.78 is 20.7. The van der Waals surface area contributed by atoms with Crippen molar-refractivity contribution in [2.24, 2.45) is 17.3 Å². The SMILES string of the molecule is CC[Si](CC)(CC)O[C@H]1[C@@H](C)CCC/C(C)=C\C[C@@H](/C(C)=C/c2csc(C)n2)OC(=O)C[C@H](O[Si](CC)(CC)CC)C(C)(C)C(=O)[C@@H]1C. The summed E-state index contributed by atoms with van der Waals surface area (Å²) in [5, 5.41) is 3.04. The van der Waals surface area contributed by atoms with E-state index in [0.29, 0.717) is 6.42 Å². The van der Waals surface area contributed by atoms with E-state index in [1.807, 2.05) is 39.2 Å². The Balaban J connectivity index is 2.66. The number of esters is 1. The van der Waals surface area contributed by atoms with Gasteiger partial charge in [0, 0.05) is 23.1 Å². The molecule has 1 aromatic heterocycles. The van der Waals surface area contributed by atoms with Gasteiger partial charge >= 0.3 is 5.97 Å². The Hall–Kier alpha value is -1.40. The molecule has 6 nitrogen and oxygen atoms in total. The first-order valence-electron chi connectivity index (χ1n) is 18.9. The van der Waals surface area contributed by atoms with Crippen LogP contribution in [-0.4, -0.2) is 51.7 Å². The number of ketones is 1. The van der Waals surface area contributed by atoms with Gasteiger partial charge in [-0.25, -0.2) is 4.98 Å². The fourth-order valence-corrected chi connectivity index (χ4v) is 13.9. The molecule has 1 aromatic rings. The molecule has 0 saturated carbocycles. The summed E-state index contributed by atoms with van der Waals surface area (Å²) in [6.07, 6.45) is 6.73. The topological polar surface area (TPSA) is 74.7 Å². The number of nitrogens with zero attached hydrogens (tertiary/aromatic N) is 1. The number of ether oxygens (including phenoxy) is 1. The number of allylic oxidation sites excluding steroid dienone is 1. The van der Waals surface area contributed by atoms with Gasteiger partial charge in [0.25, 0.3) is 0 Å². The van der Waals surface area contributed by atoms with E-state index in [1.165, 1.54) is 5.57 Å². The van der Waals surface area contributed by atoms with E-state index in [1.54, 1.807) is 11.3 Å². The third-order valence-corrected chi connectivity index (χ3v) is 21.7. The number of thiazole rings is 1. The van der Waals surface area contributed by atoms with Crippen LogP contribution in [-0.2, 0) is 23.2 Å². The highest BCUT2D eigenvalue weighted by molar-refractivity contribution is 7.09. The Morgan fingerprint density at radius 2 is 1.54 bits per heavy atom. The molecule has 0 spiro atoms. The van der Waals surface area contributed by atoms with Gasteiger partial charge < -0.3 is 13.6 Å². The minimum Gasteiger partial charge on any atom is -0.457 e. The number of carbonyl (C=O) groups excluding carboxylic acids is 2. The average Bonchev–Trinajstić information content (AvgIpc) is 3.48. The fraction of sp³-hybridized carbons (Fsp3) is 0.769. The second kappa shape index (κ2) is 19.3. The summed E-state index contributed by atoms with van der Waals surface area (Å²) >= 11 is 1.61. The number of carbonyl (C=O) groups is 2. The van der Waals surface area contributed by atoms with E-state index in [2.05, 4.69) is 73.4 Å². The molecule has 5 atom stereocenters. The molecule has 0 fully saturated rings. The second-order valence-corrected chi connectivity index (χ2v) is 25.6. The Kier molecular flexibility index (Phi) is 17.2. The first-order chi connectivity index (χ1) is 22.6. The van der Waals surface area contributed by atoms with Crippen molar-refractivity contribution in [3.05, 3.63) is 33.3 Å². The number of aryl methyl sites for hydroxylation is 1. The maximum Gasteiger partial charge on any atom is 0.309 e. The first kappa shape index (κ1) is 42.8. The average molecular weight is 720 g/mol. The van der Waals surface area contributed by atoms with E-state index in [9.17, 15) is 9.59 Å². The van der Waals surface area contributed by atoms with Crippen LogP contribution in [0, 0.1) is 24.2 Å². The number of rotatable bonds is 12. The fourth-order valence-electron chi connectivity index (χ4n) is 7.38. The van der Waals surface area contributed by atoms with Crippen molar-refractivity contribution < 1.29 is 23.2 Å². The summed E-state index contributed by atoms with van der Waals surface area (Å²) in [6.45, 7) is 27.9. The quantitative estimate of drug-likeness (QED) is 0.122. The maximum absolute atomic E-state index is 14.9. The summed E-state index contributed by atoms with van der Waals surface area (Å²) in [6, 6.07) is 5.94. The molecule has 0 aromatic carbocycles. The Labute approximate surface area is 300 Å². The molecule has 48 heavy (non-hydrogen) atoms.